The molecule has 0 radical (unpaired) electrons. The number of carbonyl (C=O) groups excluding carboxylic acids is 1. The van der Waals surface area contributed by atoms with E-state index in [9.17, 15) is 4.79 Å². The summed E-state index contributed by atoms with van der Waals surface area (Å²) in [5, 5.41) is 15.2. The van der Waals surface area contributed by atoms with Gasteiger partial charge in [0.1, 0.15) is 11.7 Å². The van der Waals surface area contributed by atoms with Crippen LogP contribution < -0.4 is 11.5 Å². The second kappa shape index (κ2) is 9.09. The summed E-state index contributed by atoms with van der Waals surface area (Å²) in [7, 11) is 0. The molecule has 0 aliphatic carbocycles. The van der Waals surface area contributed by atoms with Gasteiger partial charge in [-0.1, -0.05) is 36.4 Å². The Balaban J connectivity index is 1.92. The van der Waals surface area contributed by atoms with Crippen molar-refractivity contribution in [3.8, 4) is 0 Å². The molecule has 0 aliphatic rings. The average molecular weight is 403 g/mol. The molecule has 0 atom stereocenters. The summed E-state index contributed by atoms with van der Waals surface area (Å²) < 4.78 is 7.16. The Morgan fingerprint density at radius 2 is 1.57 bits per heavy atom. The molecule has 3 rings (SSSR count). The van der Waals surface area contributed by atoms with E-state index in [1.54, 1.807) is 25.3 Å². The molecule has 0 amide bonds. The van der Waals surface area contributed by atoms with Gasteiger partial charge in [-0.3, -0.25) is 10.8 Å². The van der Waals surface area contributed by atoms with E-state index < -0.39 is 0 Å². The summed E-state index contributed by atoms with van der Waals surface area (Å²) in [5.74, 6) is -0.348. The molecule has 3 aromatic rings. The lowest BCUT2D eigenvalue weighted by Crippen LogP contribution is -2.11. The average Bonchev–Trinajstić information content (AvgIpc) is 3.10. The number of aromatic nitrogens is 1. The van der Waals surface area contributed by atoms with Crippen molar-refractivity contribution in [2.45, 2.75) is 19.9 Å². The first-order valence-corrected chi connectivity index (χ1v) is 9.59. The van der Waals surface area contributed by atoms with Crippen LogP contribution in [0.2, 0.25) is 0 Å². The summed E-state index contributed by atoms with van der Waals surface area (Å²) >= 11 is 0. The first-order chi connectivity index (χ1) is 14.4. The SMILES string of the molecule is CCOC(=O)c1cn(Cc2cccc(C(=N)N)c2)cc1Cc1cccc(C(=N)N)c1. The third kappa shape index (κ3) is 4.94. The van der Waals surface area contributed by atoms with Crippen LogP contribution >= 0.6 is 0 Å². The van der Waals surface area contributed by atoms with Crippen molar-refractivity contribution in [2.24, 2.45) is 11.5 Å². The third-order valence-electron chi connectivity index (χ3n) is 4.69. The molecule has 30 heavy (non-hydrogen) atoms. The molecular weight excluding hydrogens is 378 g/mol. The summed E-state index contributed by atoms with van der Waals surface area (Å²) in [6.45, 7) is 2.60. The quantitative estimate of drug-likeness (QED) is 0.262. The highest BCUT2D eigenvalue weighted by atomic mass is 16.5. The first kappa shape index (κ1) is 20.9. The predicted octanol–water partition coefficient (Wildman–Crippen LogP) is 2.87. The van der Waals surface area contributed by atoms with Crippen molar-refractivity contribution in [3.05, 3.63) is 94.3 Å². The molecule has 0 saturated heterocycles. The minimum Gasteiger partial charge on any atom is -0.462 e. The molecule has 0 spiro atoms. The van der Waals surface area contributed by atoms with Crippen LogP contribution in [0.4, 0.5) is 0 Å². The largest absolute Gasteiger partial charge is 0.462 e. The second-order valence-corrected chi connectivity index (χ2v) is 6.99. The number of hydrogen-bond donors (Lipinski definition) is 4. The van der Waals surface area contributed by atoms with E-state index in [1.807, 2.05) is 47.2 Å². The van der Waals surface area contributed by atoms with Gasteiger partial charge in [0.2, 0.25) is 0 Å². The van der Waals surface area contributed by atoms with Gasteiger partial charge in [-0.2, -0.15) is 0 Å². The zero-order valence-electron chi connectivity index (χ0n) is 16.8. The fraction of sp³-hybridized carbons (Fsp3) is 0.174. The predicted molar refractivity (Wildman–Crippen MR) is 117 cm³/mol. The van der Waals surface area contributed by atoms with Gasteiger partial charge in [0, 0.05) is 30.1 Å². The van der Waals surface area contributed by atoms with Gasteiger partial charge in [0.15, 0.2) is 0 Å². The van der Waals surface area contributed by atoms with Crippen LogP contribution in [0.25, 0.3) is 0 Å². The Labute approximate surface area is 175 Å². The number of hydrogen-bond acceptors (Lipinski definition) is 4. The van der Waals surface area contributed by atoms with E-state index >= 15 is 0 Å². The number of carbonyl (C=O) groups is 1. The van der Waals surface area contributed by atoms with E-state index in [0.29, 0.717) is 36.3 Å². The monoisotopic (exact) mass is 403 g/mol. The number of nitrogens with one attached hydrogen (secondary N) is 2. The van der Waals surface area contributed by atoms with E-state index in [0.717, 1.165) is 16.7 Å². The molecule has 154 valence electrons. The summed E-state index contributed by atoms with van der Waals surface area (Å²) in [5.41, 5.74) is 15.7. The fourth-order valence-corrected chi connectivity index (χ4v) is 3.30. The number of benzene rings is 2. The smallest absolute Gasteiger partial charge is 0.339 e. The lowest BCUT2D eigenvalue weighted by atomic mass is 10.0. The minimum absolute atomic E-state index is 0.00499. The van der Waals surface area contributed by atoms with Gasteiger partial charge in [-0.25, -0.2) is 4.79 Å². The fourth-order valence-electron chi connectivity index (χ4n) is 3.30. The Hall–Kier alpha value is -3.87. The molecule has 7 nitrogen and oxygen atoms in total. The highest BCUT2D eigenvalue weighted by Gasteiger charge is 2.17. The molecule has 7 heteroatoms. The third-order valence-corrected chi connectivity index (χ3v) is 4.69. The first-order valence-electron chi connectivity index (χ1n) is 9.59. The number of ether oxygens (including phenoxy) is 1. The number of nitrogens with zero attached hydrogens (tertiary/aromatic N) is 1. The standard InChI is InChI=1S/C23H25N5O2/c1-2-30-23(29)20-14-28(12-16-6-4-8-18(11-16)22(26)27)13-19(20)10-15-5-3-7-17(9-15)21(24)25/h3-9,11,13-14H,2,10,12H2,1H3,(H3,24,25)(H3,26,27). The number of amidine groups is 2. The van der Waals surface area contributed by atoms with Crippen LogP contribution in [0, 0.1) is 10.8 Å². The topological polar surface area (TPSA) is 131 Å². The van der Waals surface area contributed by atoms with Crippen LogP contribution in [-0.4, -0.2) is 28.8 Å². The van der Waals surface area contributed by atoms with Gasteiger partial charge >= 0.3 is 5.97 Å². The summed E-state index contributed by atoms with van der Waals surface area (Å²) in [6.07, 6.45) is 4.21. The van der Waals surface area contributed by atoms with Crippen LogP contribution in [-0.2, 0) is 17.7 Å². The maximum Gasteiger partial charge on any atom is 0.339 e. The summed E-state index contributed by atoms with van der Waals surface area (Å²) in [6, 6.07) is 14.9. The number of nitrogen functional groups attached to an aromatic ring is 2. The number of rotatable bonds is 8. The van der Waals surface area contributed by atoms with Crippen LogP contribution in [0.1, 0.15) is 45.1 Å². The molecule has 1 heterocycles. The van der Waals surface area contributed by atoms with Crippen molar-refractivity contribution in [1.82, 2.24) is 4.57 Å². The maximum atomic E-state index is 12.5. The minimum atomic E-state index is -0.369. The van der Waals surface area contributed by atoms with Crippen LogP contribution in [0.15, 0.2) is 60.9 Å². The van der Waals surface area contributed by atoms with E-state index in [-0.39, 0.29) is 17.6 Å². The Bertz CT molecular complexity index is 1100. The summed E-state index contributed by atoms with van der Waals surface area (Å²) in [4.78, 5) is 12.5. The number of esters is 1. The highest BCUT2D eigenvalue weighted by Crippen LogP contribution is 2.19. The molecule has 0 saturated carbocycles. The maximum absolute atomic E-state index is 12.5. The lowest BCUT2D eigenvalue weighted by molar-refractivity contribution is 0.0525. The van der Waals surface area contributed by atoms with Crippen LogP contribution in [0.3, 0.4) is 0 Å². The molecule has 2 aromatic carbocycles. The molecule has 0 unspecified atom stereocenters. The van der Waals surface area contributed by atoms with Crippen molar-refractivity contribution in [3.63, 3.8) is 0 Å². The van der Waals surface area contributed by atoms with Crippen LogP contribution in [0.5, 0.6) is 0 Å². The molecule has 6 N–H and O–H groups in total. The van der Waals surface area contributed by atoms with Crippen molar-refractivity contribution in [1.29, 1.82) is 10.8 Å². The Morgan fingerprint density at radius 1 is 0.967 bits per heavy atom. The molecule has 0 fully saturated rings. The lowest BCUT2D eigenvalue weighted by Gasteiger charge is -2.06. The van der Waals surface area contributed by atoms with Gasteiger partial charge in [0.05, 0.1) is 12.2 Å². The highest BCUT2D eigenvalue weighted by molar-refractivity contribution is 5.95. The van der Waals surface area contributed by atoms with E-state index in [2.05, 4.69) is 0 Å². The zero-order chi connectivity index (χ0) is 21.7. The Kier molecular flexibility index (Phi) is 6.32. The van der Waals surface area contributed by atoms with Gasteiger partial charge < -0.3 is 20.8 Å². The van der Waals surface area contributed by atoms with E-state index in [1.165, 1.54) is 0 Å². The molecular formula is C23H25N5O2. The number of nitrogens with two attached hydrogens (primary N) is 2. The molecule has 0 bridgehead atoms. The van der Waals surface area contributed by atoms with Gasteiger partial charge in [-0.15, -0.1) is 0 Å². The Morgan fingerprint density at radius 3 is 2.17 bits per heavy atom. The van der Waals surface area contributed by atoms with Gasteiger partial charge in [-0.05, 0) is 42.2 Å². The van der Waals surface area contributed by atoms with Crippen molar-refractivity contribution in [2.75, 3.05) is 6.61 Å². The molecule has 0 aliphatic heterocycles. The zero-order valence-corrected chi connectivity index (χ0v) is 16.8. The van der Waals surface area contributed by atoms with E-state index in [4.69, 9.17) is 27.0 Å². The normalized spacial score (nSPS) is 10.6. The van der Waals surface area contributed by atoms with Crippen molar-refractivity contribution < 1.29 is 9.53 Å². The van der Waals surface area contributed by atoms with Gasteiger partial charge in [0.25, 0.3) is 0 Å². The second-order valence-electron chi connectivity index (χ2n) is 6.99. The van der Waals surface area contributed by atoms with Crippen molar-refractivity contribution >= 4 is 17.6 Å². The molecule has 1 aromatic heterocycles.